The molecule has 21 heavy (non-hydrogen) atoms. The number of imidazole rings is 1. The topological polar surface area (TPSA) is 55.6 Å². The summed E-state index contributed by atoms with van der Waals surface area (Å²) in [5.74, 6) is 0.671. The Bertz CT molecular complexity index is 694. The van der Waals surface area contributed by atoms with Crippen LogP contribution in [0.2, 0.25) is 5.15 Å². The first-order chi connectivity index (χ1) is 10.3. The van der Waals surface area contributed by atoms with E-state index in [2.05, 4.69) is 44.5 Å². The summed E-state index contributed by atoms with van der Waals surface area (Å²) in [7, 11) is 0. The molecule has 0 spiro atoms. The number of benzene rings is 1. The average Bonchev–Trinajstić information content (AvgIpc) is 3.00. The summed E-state index contributed by atoms with van der Waals surface area (Å²) in [5, 5.41) is 3.58. The van der Waals surface area contributed by atoms with E-state index in [4.69, 9.17) is 11.6 Å². The van der Waals surface area contributed by atoms with E-state index in [0.717, 1.165) is 6.54 Å². The minimum Gasteiger partial charge on any atom is -0.365 e. The van der Waals surface area contributed by atoms with Crippen molar-refractivity contribution >= 4 is 17.4 Å². The first kappa shape index (κ1) is 13.6. The highest BCUT2D eigenvalue weighted by Gasteiger charge is 1.99. The summed E-state index contributed by atoms with van der Waals surface area (Å²) < 4.78 is 2.04. The number of nitrogens with zero attached hydrogens (tertiary/aromatic N) is 4. The van der Waals surface area contributed by atoms with Gasteiger partial charge in [0, 0.05) is 25.5 Å². The van der Waals surface area contributed by atoms with Crippen LogP contribution in [-0.4, -0.2) is 19.5 Å². The molecule has 0 fully saturated rings. The predicted octanol–water partition coefficient (Wildman–Crippen LogP) is 2.99. The summed E-state index contributed by atoms with van der Waals surface area (Å²) in [5.41, 5.74) is 2.41. The molecule has 3 rings (SSSR count). The van der Waals surface area contributed by atoms with Crippen molar-refractivity contribution in [3.05, 3.63) is 71.7 Å². The fourth-order valence-electron chi connectivity index (χ4n) is 1.97. The molecule has 0 saturated heterocycles. The van der Waals surface area contributed by atoms with Crippen molar-refractivity contribution in [2.75, 3.05) is 5.32 Å². The van der Waals surface area contributed by atoms with Crippen molar-refractivity contribution in [2.45, 2.75) is 13.1 Å². The number of anilines is 1. The van der Waals surface area contributed by atoms with E-state index in [1.807, 2.05) is 17.1 Å². The molecule has 1 N–H and O–H groups in total. The molecular formula is C15H14ClN5. The van der Waals surface area contributed by atoms with Crippen LogP contribution < -0.4 is 5.32 Å². The molecule has 0 aliphatic carbocycles. The zero-order chi connectivity index (χ0) is 14.5. The maximum Gasteiger partial charge on any atom is 0.149 e. The van der Waals surface area contributed by atoms with Crippen molar-refractivity contribution in [1.29, 1.82) is 0 Å². The van der Waals surface area contributed by atoms with Gasteiger partial charge in [0.1, 0.15) is 11.0 Å². The van der Waals surface area contributed by atoms with Crippen LogP contribution in [0.15, 0.2) is 55.4 Å². The van der Waals surface area contributed by atoms with Gasteiger partial charge in [0.15, 0.2) is 0 Å². The number of hydrogen-bond donors (Lipinski definition) is 1. The lowest BCUT2D eigenvalue weighted by molar-refractivity contribution is 0.797. The Kier molecular flexibility index (Phi) is 4.12. The van der Waals surface area contributed by atoms with Gasteiger partial charge in [0.2, 0.25) is 0 Å². The Balaban J connectivity index is 1.59. The molecule has 2 aromatic heterocycles. The van der Waals surface area contributed by atoms with Gasteiger partial charge in [-0.25, -0.2) is 9.97 Å². The van der Waals surface area contributed by atoms with Crippen LogP contribution in [0.3, 0.4) is 0 Å². The van der Waals surface area contributed by atoms with Crippen molar-refractivity contribution in [3.63, 3.8) is 0 Å². The first-order valence-corrected chi connectivity index (χ1v) is 6.92. The summed E-state index contributed by atoms with van der Waals surface area (Å²) in [6.07, 6.45) is 8.71. The molecule has 3 aromatic rings. The second-order valence-electron chi connectivity index (χ2n) is 4.63. The highest BCUT2D eigenvalue weighted by Crippen LogP contribution is 2.10. The lowest BCUT2D eigenvalue weighted by Gasteiger charge is -2.07. The van der Waals surface area contributed by atoms with Crippen LogP contribution in [0.1, 0.15) is 11.1 Å². The largest absolute Gasteiger partial charge is 0.365 e. The van der Waals surface area contributed by atoms with E-state index in [0.29, 0.717) is 17.5 Å². The van der Waals surface area contributed by atoms with E-state index < -0.39 is 0 Å². The van der Waals surface area contributed by atoms with Gasteiger partial charge in [-0.2, -0.15) is 0 Å². The third kappa shape index (κ3) is 3.79. The van der Waals surface area contributed by atoms with Crippen molar-refractivity contribution < 1.29 is 0 Å². The molecular weight excluding hydrogens is 286 g/mol. The summed E-state index contributed by atoms with van der Waals surface area (Å²) in [6, 6.07) is 8.41. The van der Waals surface area contributed by atoms with Gasteiger partial charge in [-0.15, -0.1) is 0 Å². The van der Waals surface area contributed by atoms with E-state index in [-0.39, 0.29) is 0 Å². The smallest absolute Gasteiger partial charge is 0.149 e. The number of halogens is 1. The molecule has 0 atom stereocenters. The molecule has 5 nitrogen and oxygen atoms in total. The molecule has 0 aliphatic heterocycles. The minimum absolute atomic E-state index is 0.385. The highest BCUT2D eigenvalue weighted by atomic mass is 35.5. The molecule has 0 bridgehead atoms. The number of aromatic nitrogens is 4. The Morgan fingerprint density at radius 2 is 1.86 bits per heavy atom. The molecule has 6 heteroatoms. The Hall–Kier alpha value is -2.40. The maximum atomic E-state index is 5.79. The van der Waals surface area contributed by atoms with Crippen LogP contribution in [0, 0.1) is 0 Å². The van der Waals surface area contributed by atoms with Gasteiger partial charge in [0.05, 0.1) is 18.7 Å². The van der Waals surface area contributed by atoms with Crippen molar-refractivity contribution in [1.82, 2.24) is 19.5 Å². The predicted molar refractivity (Wildman–Crippen MR) is 82.1 cm³/mol. The standard InChI is InChI=1S/C15H14ClN5/c16-14-8-18-9-15(20-14)19-7-12-1-3-13(4-2-12)10-21-6-5-17-11-21/h1-6,8-9,11H,7,10H2,(H,19,20). The van der Waals surface area contributed by atoms with Crippen molar-refractivity contribution in [3.8, 4) is 0 Å². The van der Waals surface area contributed by atoms with Gasteiger partial charge in [-0.05, 0) is 11.1 Å². The lowest BCUT2D eigenvalue weighted by atomic mass is 10.1. The van der Waals surface area contributed by atoms with Crippen LogP contribution in [0.25, 0.3) is 0 Å². The van der Waals surface area contributed by atoms with Crippen LogP contribution in [0.4, 0.5) is 5.82 Å². The second kappa shape index (κ2) is 6.37. The van der Waals surface area contributed by atoms with Gasteiger partial charge in [-0.1, -0.05) is 35.9 Å². The number of hydrogen-bond acceptors (Lipinski definition) is 4. The summed E-state index contributed by atoms with van der Waals surface area (Å²) in [6.45, 7) is 1.51. The monoisotopic (exact) mass is 299 g/mol. The van der Waals surface area contributed by atoms with E-state index in [1.54, 1.807) is 12.4 Å². The Morgan fingerprint density at radius 1 is 1.05 bits per heavy atom. The maximum absolute atomic E-state index is 5.79. The Labute approximate surface area is 127 Å². The molecule has 0 radical (unpaired) electrons. The molecule has 0 saturated carbocycles. The van der Waals surface area contributed by atoms with E-state index in [9.17, 15) is 0 Å². The fraction of sp³-hybridized carbons (Fsp3) is 0.133. The third-order valence-electron chi connectivity index (χ3n) is 3.03. The van der Waals surface area contributed by atoms with Crippen LogP contribution in [0.5, 0.6) is 0 Å². The number of nitrogens with one attached hydrogen (secondary N) is 1. The Morgan fingerprint density at radius 3 is 2.57 bits per heavy atom. The molecule has 2 heterocycles. The van der Waals surface area contributed by atoms with Gasteiger partial charge < -0.3 is 9.88 Å². The van der Waals surface area contributed by atoms with E-state index >= 15 is 0 Å². The normalized spacial score (nSPS) is 10.5. The lowest BCUT2D eigenvalue weighted by Crippen LogP contribution is -2.02. The third-order valence-corrected chi connectivity index (χ3v) is 3.21. The highest BCUT2D eigenvalue weighted by molar-refractivity contribution is 6.29. The first-order valence-electron chi connectivity index (χ1n) is 6.54. The quantitative estimate of drug-likeness (QED) is 0.787. The van der Waals surface area contributed by atoms with Crippen molar-refractivity contribution in [2.24, 2.45) is 0 Å². The minimum atomic E-state index is 0.385. The fourth-order valence-corrected chi connectivity index (χ4v) is 2.12. The average molecular weight is 300 g/mol. The van der Waals surface area contributed by atoms with Crippen LogP contribution >= 0.6 is 11.6 Å². The molecule has 1 aromatic carbocycles. The van der Waals surface area contributed by atoms with Gasteiger partial charge in [0.25, 0.3) is 0 Å². The van der Waals surface area contributed by atoms with Gasteiger partial charge >= 0.3 is 0 Å². The molecule has 0 unspecified atom stereocenters. The second-order valence-corrected chi connectivity index (χ2v) is 5.02. The summed E-state index contributed by atoms with van der Waals surface area (Å²) in [4.78, 5) is 12.2. The summed E-state index contributed by atoms with van der Waals surface area (Å²) >= 11 is 5.79. The SMILES string of the molecule is Clc1cncc(NCc2ccc(Cn3ccnc3)cc2)n1. The number of rotatable bonds is 5. The zero-order valence-corrected chi connectivity index (χ0v) is 12.0. The van der Waals surface area contributed by atoms with E-state index in [1.165, 1.54) is 17.3 Å². The molecule has 106 valence electrons. The molecule has 0 aliphatic rings. The zero-order valence-electron chi connectivity index (χ0n) is 11.3. The van der Waals surface area contributed by atoms with Gasteiger partial charge in [-0.3, -0.25) is 4.98 Å². The van der Waals surface area contributed by atoms with Crippen LogP contribution in [-0.2, 0) is 13.1 Å². The molecule has 0 amide bonds.